The third kappa shape index (κ3) is 4.40. The van der Waals surface area contributed by atoms with Crippen LogP contribution in [0.15, 0.2) is 52.2 Å². The van der Waals surface area contributed by atoms with Gasteiger partial charge in [0.1, 0.15) is 11.6 Å². The SMILES string of the molecule is Cc1nc(N2CCC3(CC2)Cc2ccc(S)cc2[C@H]3N)cc(=O)n1-c1cccc(Cl)c1Cl.[H-].[Na+]. The molecule has 5 rings (SSSR count). The quantitative estimate of drug-likeness (QED) is 0.409. The molecule has 1 aliphatic carbocycles. The Balaban J connectivity index is 0.00000162. The number of hydrogen-bond donors (Lipinski definition) is 2. The van der Waals surface area contributed by atoms with Crippen LogP contribution in [0.4, 0.5) is 5.82 Å². The van der Waals surface area contributed by atoms with Crippen molar-refractivity contribution in [2.75, 3.05) is 18.0 Å². The van der Waals surface area contributed by atoms with Crippen molar-refractivity contribution in [2.24, 2.45) is 11.1 Å². The Morgan fingerprint density at radius 1 is 1.18 bits per heavy atom. The van der Waals surface area contributed by atoms with Gasteiger partial charge in [0.15, 0.2) is 0 Å². The summed E-state index contributed by atoms with van der Waals surface area (Å²) >= 11 is 17.0. The van der Waals surface area contributed by atoms with Crippen molar-refractivity contribution in [1.82, 2.24) is 9.55 Å². The molecule has 168 valence electrons. The van der Waals surface area contributed by atoms with Crippen LogP contribution in [0.5, 0.6) is 0 Å². The molecule has 1 saturated heterocycles. The van der Waals surface area contributed by atoms with Gasteiger partial charge in [0.05, 0.1) is 15.7 Å². The number of anilines is 1. The molecule has 9 heteroatoms. The third-order valence-corrected chi connectivity index (χ3v) is 8.08. The van der Waals surface area contributed by atoms with Gasteiger partial charge in [-0.1, -0.05) is 35.3 Å². The zero-order valence-electron chi connectivity index (χ0n) is 19.7. The van der Waals surface area contributed by atoms with Gasteiger partial charge in [0.25, 0.3) is 5.56 Å². The number of nitrogens with two attached hydrogens (primary N) is 1. The van der Waals surface area contributed by atoms with Crippen molar-refractivity contribution in [3.05, 3.63) is 79.8 Å². The Morgan fingerprint density at radius 3 is 2.61 bits per heavy atom. The van der Waals surface area contributed by atoms with Crippen LogP contribution in [0.3, 0.4) is 0 Å². The van der Waals surface area contributed by atoms with E-state index in [0.717, 1.165) is 37.2 Å². The van der Waals surface area contributed by atoms with Gasteiger partial charge in [-0.2, -0.15) is 0 Å². The number of fused-ring (bicyclic) bond motifs is 1. The number of thiol groups is 1. The maximum absolute atomic E-state index is 13.0. The van der Waals surface area contributed by atoms with E-state index in [9.17, 15) is 4.79 Å². The molecule has 2 heterocycles. The summed E-state index contributed by atoms with van der Waals surface area (Å²) in [6.45, 7) is 3.43. The monoisotopic (exact) mass is 510 g/mol. The second-order valence-electron chi connectivity index (χ2n) is 8.80. The van der Waals surface area contributed by atoms with E-state index in [1.807, 2.05) is 13.0 Å². The molecule has 1 aromatic heterocycles. The average Bonchev–Trinajstić information content (AvgIpc) is 3.02. The fourth-order valence-corrected chi connectivity index (χ4v) is 5.82. The van der Waals surface area contributed by atoms with Crippen LogP contribution in [-0.2, 0) is 6.42 Å². The van der Waals surface area contributed by atoms with Crippen molar-refractivity contribution in [3.63, 3.8) is 0 Å². The largest absolute Gasteiger partial charge is 1.00 e. The topological polar surface area (TPSA) is 64.2 Å². The smallest absolute Gasteiger partial charge is 1.00 e. The first-order chi connectivity index (χ1) is 15.3. The maximum atomic E-state index is 13.0. The number of nitrogens with zero attached hydrogens (tertiary/aromatic N) is 3. The molecule has 1 atom stereocenters. The van der Waals surface area contributed by atoms with Crippen LogP contribution in [-0.4, -0.2) is 22.6 Å². The number of hydrogen-bond acceptors (Lipinski definition) is 5. The van der Waals surface area contributed by atoms with E-state index in [2.05, 4.69) is 29.7 Å². The summed E-state index contributed by atoms with van der Waals surface area (Å²) in [5.41, 5.74) is 9.69. The second kappa shape index (κ2) is 9.57. The molecule has 1 aliphatic heterocycles. The Hall–Kier alpha value is -0.990. The molecule has 0 saturated carbocycles. The molecule has 2 N–H and O–H groups in total. The summed E-state index contributed by atoms with van der Waals surface area (Å²) in [7, 11) is 0. The molecule has 0 radical (unpaired) electrons. The molecule has 1 fully saturated rings. The molecule has 5 nitrogen and oxygen atoms in total. The minimum atomic E-state index is -0.178. The standard InChI is InChI=1S/C24H24Cl2N4OS.Na.H/c1-14-28-20(12-21(31)30(14)19-4-2-3-18(25)22(19)26)29-9-7-24(8-10-29)13-15-5-6-16(32)11-17(15)23(24)27;;/h2-6,11-12,23,32H,7-10,13,27H2,1H3;;/q;+1;-1/t23-;;/m1../s1. The van der Waals surface area contributed by atoms with Gasteiger partial charge in [-0.3, -0.25) is 9.36 Å². The number of aromatic nitrogens is 2. The molecule has 2 aromatic carbocycles. The summed E-state index contributed by atoms with van der Waals surface area (Å²) in [4.78, 5) is 20.9. The molecular weight excluding hydrogens is 486 g/mol. The molecule has 1 spiro atoms. The fourth-order valence-electron chi connectivity index (χ4n) is 5.22. The van der Waals surface area contributed by atoms with Crippen LogP contribution >= 0.6 is 35.8 Å². The van der Waals surface area contributed by atoms with Gasteiger partial charge in [-0.25, -0.2) is 4.98 Å². The van der Waals surface area contributed by atoms with Gasteiger partial charge < -0.3 is 12.1 Å². The van der Waals surface area contributed by atoms with Crippen molar-refractivity contribution in [1.29, 1.82) is 0 Å². The zero-order chi connectivity index (χ0) is 22.6. The third-order valence-electron chi connectivity index (χ3n) is 7.00. The predicted molar refractivity (Wildman–Crippen MR) is 134 cm³/mol. The summed E-state index contributed by atoms with van der Waals surface area (Å²) in [6, 6.07) is 13.1. The molecule has 0 bridgehead atoms. The van der Waals surface area contributed by atoms with E-state index in [0.29, 0.717) is 27.4 Å². The van der Waals surface area contributed by atoms with Gasteiger partial charge in [0.2, 0.25) is 0 Å². The van der Waals surface area contributed by atoms with Crippen LogP contribution in [0, 0.1) is 12.3 Å². The Kier molecular flexibility index (Phi) is 7.29. The number of piperidine rings is 1. The van der Waals surface area contributed by atoms with Gasteiger partial charge in [-0.15, -0.1) is 12.6 Å². The van der Waals surface area contributed by atoms with Crippen molar-refractivity contribution in [2.45, 2.75) is 37.1 Å². The Labute approximate surface area is 232 Å². The average molecular weight is 511 g/mol. The zero-order valence-corrected chi connectivity index (χ0v) is 23.1. The van der Waals surface area contributed by atoms with Crippen molar-refractivity contribution < 1.29 is 31.0 Å². The Morgan fingerprint density at radius 2 is 1.91 bits per heavy atom. The summed E-state index contributed by atoms with van der Waals surface area (Å²) in [5, 5.41) is 0.743. The predicted octanol–water partition coefficient (Wildman–Crippen LogP) is 2.10. The molecule has 3 aromatic rings. The van der Waals surface area contributed by atoms with Crippen LogP contribution in [0.2, 0.25) is 10.0 Å². The van der Waals surface area contributed by atoms with Crippen LogP contribution < -0.4 is 45.8 Å². The minimum Gasteiger partial charge on any atom is -1.00 e. The van der Waals surface area contributed by atoms with Gasteiger partial charge >= 0.3 is 29.6 Å². The van der Waals surface area contributed by atoms with Gasteiger partial charge in [-0.05, 0) is 67.0 Å². The van der Waals surface area contributed by atoms with E-state index in [1.54, 1.807) is 24.3 Å². The number of halogens is 2. The summed E-state index contributed by atoms with van der Waals surface area (Å²) in [5.74, 6) is 1.27. The number of benzene rings is 2. The molecule has 0 unspecified atom stereocenters. The normalized spacial score (nSPS) is 18.8. The van der Waals surface area contributed by atoms with Crippen molar-refractivity contribution >= 4 is 41.6 Å². The molecular formula is C24H25Cl2N4NaOS. The van der Waals surface area contributed by atoms with E-state index in [-0.39, 0.29) is 48.0 Å². The molecule has 0 amide bonds. The maximum Gasteiger partial charge on any atom is 1.00 e. The van der Waals surface area contributed by atoms with E-state index < -0.39 is 0 Å². The van der Waals surface area contributed by atoms with E-state index >= 15 is 0 Å². The van der Waals surface area contributed by atoms with E-state index in [1.165, 1.54) is 15.7 Å². The van der Waals surface area contributed by atoms with E-state index in [4.69, 9.17) is 33.9 Å². The second-order valence-corrected chi connectivity index (χ2v) is 10.1. The molecule has 33 heavy (non-hydrogen) atoms. The minimum absolute atomic E-state index is 0. The van der Waals surface area contributed by atoms with Gasteiger partial charge in [0, 0.05) is 30.1 Å². The summed E-state index contributed by atoms with van der Waals surface area (Å²) < 4.78 is 1.50. The van der Waals surface area contributed by atoms with Crippen molar-refractivity contribution in [3.8, 4) is 5.69 Å². The first-order valence-electron chi connectivity index (χ1n) is 10.7. The first-order valence-corrected chi connectivity index (χ1v) is 11.9. The first kappa shape index (κ1) is 25.1. The van der Waals surface area contributed by atoms with Crippen LogP contribution in [0.25, 0.3) is 5.69 Å². The fraction of sp³-hybridized carbons (Fsp3) is 0.333. The molecule has 2 aliphatic rings. The summed E-state index contributed by atoms with van der Waals surface area (Å²) in [6.07, 6.45) is 2.90. The number of rotatable bonds is 2. The number of aryl methyl sites for hydroxylation is 1. The Bertz CT molecular complexity index is 1280. The van der Waals surface area contributed by atoms with Crippen LogP contribution in [0.1, 0.15) is 37.3 Å².